The molecule has 0 aliphatic rings. The lowest BCUT2D eigenvalue weighted by molar-refractivity contribution is 0.102. The summed E-state index contributed by atoms with van der Waals surface area (Å²) in [4.78, 5) is 21.3. The summed E-state index contributed by atoms with van der Waals surface area (Å²) < 4.78 is 0. The maximum atomic E-state index is 12.5. The van der Waals surface area contributed by atoms with Crippen LogP contribution in [-0.2, 0) is 0 Å². The summed E-state index contributed by atoms with van der Waals surface area (Å²) in [5.41, 5.74) is 6.25. The van der Waals surface area contributed by atoms with E-state index in [0.717, 1.165) is 38.8 Å². The van der Waals surface area contributed by atoms with Gasteiger partial charge in [-0.1, -0.05) is 29.7 Å². The molecule has 0 fully saturated rings. The molecular formula is C22H19BN4OS. The highest BCUT2D eigenvalue weighted by Crippen LogP contribution is 2.29. The number of nitrogens with one attached hydrogen (secondary N) is 2. The Bertz CT molecular complexity index is 1160. The van der Waals surface area contributed by atoms with Gasteiger partial charge in [0.1, 0.15) is 7.85 Å². The molecule has 0 bridgehead atoms. The van der Waals surface area contributed by atoms with Crippen molar-refractivity contribution < 1.29 is 4.79 Å². The maximum absolute atomic E-state index is 12.5. The van der Waals surface area contributed by atoms with Crippen LogP contribution in [0.1, 0.15) is 15.9 Å². The molecule has 7 heteroatoms. The highest BCUT2D eigenvalue weighted by Gasteiger charge is 2.10. The average Bonchev–Trinajstić information content (AvgIpc) is 3.20. The van der Waals surface area contributed by atoms with Crippen molar-refractivity contribution >= 4 is 47.1 Å². The highest BCUT2D eigenvalue weighted by atomic mass is 32.1. The number of aryl methyl sites for hydroxylation is 1. The van der Waals surface area contributed by atoms with Gasteiger partial charge >= 0.3 is 0 Å². The van der Waals surface area contributed by atoms with Gasteiger partial charge in [0.2, 0.25) is 0 Å². The minimum absolute atomic E-state index is 0.128. The molecule has 5 nitrogen and oxygen atoms in total. The number of pyridine rings is 1. The molecule has 2 aromatic carbocycles. The number of anilines is 3. The van der Waals surface area contributed by atoms with E-state index in [0.29, 0.717) is 5.56 Å². The number of hydrogen-bond acceptors (Lipinski definition) is 5. The lowest BCUT2D eigenvalue weighted by Crippen LogP contribution is -2.15. The van der Waals surface area contributed by atoms with Gasteiger partial charge in [-0.25, -0.2) is 4.98 Å². The standard InChI is InChI=1S/C22H19BN4OS/c1-14-7-8-18(25-21(28)15-4-2-6-17(23)10-15)11-19(14)26-22-27-20(13-29-22)16-5-3-9-24-12-16/h2-13H,23H2,1H3,(H,25,28)(H,26,27). The van der Waals surface area contributed by atoms with Gasteiger partial charge in [-0.2, -0.15) is 0 Å². The molecule has 29 heavy (non-hydrogen) atoms. The summed E-state index contributed by atoms with van der Waals surface area (Å²) in [6.07, 6.45) is 3.54. The first-order valence-electron chi connectivity index (χ1n) is 9.20. The molecule has 0 saturated heterocycles. The predicted octanol–water partition coefficient (Wildman–Crippen LogP) is 3.77. The first-order chi connectivity index (χ1) is 14.1. The molecule has 4 rings (SSSR count). The van der Waals surface area contributed by atoms with Crippen LogP contribution in [0, 0.1) is 6.92 Å². The van der Waals surface area contributed by atoms with Crippen molar-refractivity contribution in [3.63, 3.8) is 0 Å². The topological polar surface area (TPSA) is 66.9 Å². The van der Waals surface area contributed by atoms with Crippen LogP contribution in [0.4, 0.5) is 16.5 Å². The summed E-state index contributed by atoms with van der Waals surface area (Å²) in [7, 11) is 1.97. The third-order valence-electron chi connectivity index (χ3n) is 4.48. The van der Waals surface area contributed by atoms with Crippen molar-refractivity contribution in [1.82, 2.24) is 9.97 Å². The van der Waals surface area contributed by atoms with Crippen molar-refractivity contribution in [3.05, 3.63) is 83.5 Å². The van der Waals surface area contributed by atoms with Gasteiger partial charge in [0, 0.05) is 40.3 Å². The van der Waals surface area contributed by atoms with Gasteiger partial charge in [-0.15, -0.1) is 11.3 Å². The largest absolute Gasteiger partial charge is 0.331 e. The van der Waals surface area contributed by atoms with Crippen molar-refractivity contribution in [2.45, 2.75) is 6.92 Å². The number of carbonyl (C=O) groups excluding carboxylic acids is 1. The van der Waals surface area contributed by atoms with E-state index < -0.39 is 0 Å². The van der Waals surface area contributed by atoms with E-state index in [2.05, 4.69) is 20.6 Å². The van der Waals surface area contributed by atoms with Crippen LogP contribution in [0.2, 0.25) is 0 Å². The van der Waals surface area contributed by atoms with Gasteiger partial charge in [0.25, 0.3) is 5.91 Å². The number of amides is 1. The fourth-order valence-electron chi connectivity index (χ4n) is 2.92. The van der Waals surface area contributed by atoms with Crippen LogP contribution in [0.25, 0.3) is 11.3 Å². The number of nitrogens with zero attached hydrogens (tertiary/aromatic N) is 2. The van der Waals surface area contributed by atoms with Crippen LogP contribution in [0.15, 0.2) is 72.4 Å². The Hall–Kier alpha value is -3.45. The number of hydrogen-bond donors (Lipinski definition) is 2. The normalized spacial score (nSPS) is 10.5. The number of benzene rings is 2. The number of rotatable bonds is 5. The van der Waals surface area contributed by atoms with Crippen molar-refractivity contribution in [1.29, 1.82) is 0 Å². The molecule has 0 saturated carbocycles. The molecule has 2 heterocycles. The predicted molar refractivity (Wildman–Crippen MR) is 122 cm³/mol. The molecule has 2 aromatic heterocycles. The lowest BCUT2D eigenvalue weighted by Gasteiger charge is -2.11. The highest BCUT2D eigenvalue weighted by molar-refractivity contribution is 7.14. The molecule has 1 amide bonds. The molecule has 0 spiro atoms. The maximum Gasteiger partial charge on any atom is 0.255 e. The monoisotopic (exact) mass is 398 g/mol. The van der Waals surface area contributed by atoms with Crippen molar-refractivity contribution in [3.8, 4) is 11.3 Å². The van der Waals surface area contributed by atoms with E-state index in [-0.39, 0.29) is 5.91 Å². The summed E-state index contributed by atoms with van der Waals surface area (Å²) >= 11 is 1.53. The van der Waals surface area contributed by atoms with E-state index in [4.69, 9.17) is 0 Å². The number of aromatic nitrogens is 2. The summed E-state index contributed by atoms with van der Waals surface area (Å²) in [5, 5.41) is 9.11. The second-order valence-electron chi connectivity index (χ2n) is 6.76. The smallest absolute Gasteiger partial charge is 0.255 e. The van der Waals surface area contributed by atoms with Crippen LogP contribution >= 0.6 is 11.3 Å². The first-order valence-corrected chi connectivity index (χ1v) is 10.1. The summed E-state index contributed by atoms with van der Waals surface area (Å²) in [6, 6.07) is 17.2. The molecule has 142 valence electrons. The zero-order valence-electron chi connectivity index (χ0n) is 16.1. The summed E-state index contributed by atoms with van der Waals surface area (Å²) in [6.45, 7) is 2.02. The molecule has 0 aliphatic heterocycles. The van der Waals surface area contributed by atoms with Gasteiger partial charge in [0.15, 0.2) is 5.13 Å². The molecule has 0 aliphatic carbocycles. The Morgan fingerprint density at radius 2 is 2.00 bits per heavy atom. The van der Waals surface area contributed by atoms with E-state index in [1.54, 1.807) is 12.4 Å². The SMILES string of the molecule is Bc1cccc(C(=O)Nc2ccc(C)c(Nc3nc(-c4cccnc4)cs3)c2)c1. The van der Waals surface area contributed by atoms with Crippen LogP contribution in [0.3, 0.4) is 0 Å². The minimum Gasteiger partial charge on any atom is -0.331 e. The number of thiazole rings is 1. The third-order valence-corrected chi connectivity index (χ3v) is 5.24. The zero-order valence-corrected chi connectivity index (χ0v) is 17.0. The lowest BCUT2D eigenvalue weighted by atomic mass is 9.94. The fourth-order valence-corrected chi connectivity index (χ4v) is 3.65. The Morgan fingerprint density at radius 3 is 2.79 bits per heavy atom. The van der Waals surface area contributed by atoms with Crippen LogP contribution < -0.4 is 16.1 Å². The minimum atomic E-state index is -0.128. The Morgan fingerprint density at radius 1 is 1.10 bits per heavy atom. The van der Waals surface area contributed by atoms with E-state index in [1.165, 1.54) is 11.3 Å². The first kappa shape index (κ1) is 18.9. The zero-order chi connectivity index (χ0) is 20.2. The molecule has 2 N–H and O–H groups in total. The van der Waals surface area contributed by atoms with E-state index >= 15 is 0 Å². The number of carbonyl (C=O) groups is 1. The molecule has 0 unspecified atom stereocenters. The Labute approximate surface area is 174 Å². The third kappa shape index (κ3) is 4.52. The van der Waals surface area contributed by atoms with Gasteiger partial charge in [-0.3, -0.25) is 9.78 Å². The second kappa shape index (κ2) is 8.28. The fraction of sp³-hybridized carbons (Fsp3) is 0.0455. The second-order valence-corrected chi connectivity index (χ2v) is 7.62. The molecular weight excluding hydrogens is 379 g/mol. The van der Waals surface area contributed by atoms with Gasteiger partial charge in [0.05, 0.1) is 5.69 Å². The van der Waals surface area contributed by atoms with E-state index in [9.17, 15) is 4.79 Å². The Balaban J connectivity index is 1.52. The van der Waals surface area contributed by atoms with Crippen molar-refractivity contribution in [2.24, 2.45) is 0 Å². The van der Waals surface area contributed by atoms with Crippen molar-refractivity contribution in [2.75, 3.05) is 10.6 Å². The van der Waals surface area contributed by atoms with Gasteiger partial charge < -0.3 is 10.6 Å². The molecule has 0 radical (unpaired) electrons. The van der Waals surface area contributed by atoms with E-state index in [1.807, 2.05) is 74.7 Å². The quantitative estimate of drug-likeness (QED) is 0.503. The Kier molecular flexibility index (Phi) is 5.40. The van der Waals surface area contributed by atoms with Gasteiger partial charge in [-0.05, 0) is 42.8 Å². The summed E-state index contributed by atoms with van der Waals surface area (Å²) in [5.74, 6) is -0.128. The van der Waals surface area contributed by atoms with Crippen LogP contribution in [-0.4, -0.2) is 23.7 Å². The van der Waals surface area contributed by atoms with Crippen LogP contribution in [0.5, 0.6) is 0 Å². The average molecular weight is 398 g/mol. The molecule has 4 aromatic rings. The molecule has 0 atom stereocenters.